The van der Waals surface area contributed by atoms with Crippen LogP contribution in [0.25, 0.3) is 0 Å². The predicted molar refractivity (Wildman–Crippen MR) is 39.1 cm³/mol. The van der Waals surface area contributed by atoms with Crippen LogP contribution in [0.2, 0.25) is 0 Å². The van der Waals surface area contributed by atoms with E-state index in [-0.39, 0.29) is 0 Å². The molecule has 0 aromatic heterocycles. The van der Waals surface area contributed by atoms with Crippen LogP contribution in [0.15, 0.2) is 5.10 Å². The molecule has 60 valence electrons. The molecule has 0 aliphatic carbocycles. The minimum atomic E-state index is -1.37. The molecule has 0 aromatic rings. The van der Waals surface area contributed by atoms with Crippen molar-refractivity contribution in [2.24, 2.45) is 5.10 Å². The summed E-state index contributed by atoms with van der Waals surface area (Å²) in [5.41, 5.74) is 1.10. The highest BCUT2D eigenvalue weighted by Crippen LogP contribution is 1.92. The minimum absolute atomic E-state index is 0.560. The van der Waals surface area contributed by atoms with Gasteiger partial charge >= 0.3 is 5.97 Å². The first-order chi connectivity index (χ1) is 5.11. The van der Waals surface area contributed by atoms with Crippen LogP contribution in [0, 0.1) is 0 Å². The Morgan fingerprint density at radius 3 is 2.82 bits per heavy atom. The number of thiol groups is 1. The van der Waals surface area contributed by atoms with Crippen molar-refractivity contribution >= 4 is 30.2 Å². The maximum atomic E-state index is 10.7. The Morgan fingerprint density at radius 1 is 1.73 bits per heavy atom. The number of hydrogen-bond acceptors (Lipinski definition) is 5. The van der Waals surface area contributed by atoms with Crippen molar-refractivity contribution < 1.29 is 14.7 Å². The number of carboxylic acids is 1. The number of amides is 1. The van der Waals surface area contributed by atoms with Gasteiger partial charge in [-0.3, -0.25) is 10.2 Å². The zero-order chi connectivity index (χ0) is 8.43. The van der Waals surface area contributed by atoms with E-state index in [0.717, 1.165) is 0 Å². The molecule has 0 saturated heterocycles. The average molecular weight is 175 g/mol. The molecule has 1 aliphatic rings. The summed E-state index contributed by atoms with van der Waals surface area (Å²) in [6.07, 6.45) is 0. The molecule has 1 heterocycles. The van der Waals surface area contributed by atoms with Crippen molar-refractivity contribution in [3.05, 3.63) is 0 Å². The van der Waals surface area contributed by atoms with Crippen molar-refractivity contribution in [2.75, 3.05) is 0 Å². The van der Waals surface area contributed by atoms with Crippen molar-refractivity contribution in [3.63, 3.8) is 0 Å². The van der Waals surface area contributed by atoms with Gasteiger partial charge in [0.05, 0.1) is 0 Å². The van der Waals surface area contributed by atoms with Crippen LogP contribution in [0.3, 0.4) is 0 Å². The molecule has 1 amide bonds. The summed E-state index contributed by atoms with van der Waals surface area (Å²) in [5.74, 6) is -2.11. The fourth-order valence-electron chi connectivity index (χ4n) is 0.546. The molecule has 0 saturated carbocycles. The summed E-state index contributed by atoms with van der Waals surface area (Å²) in [7, 11) is 0. The van der Waals surface area contributed by atoms with E-state index in [0.29, 0.717) is 0 Å². The van der Waals surface area contributed by atoms with Gasteiger partial charge in [0.2, 0.25) is 5.71 Å². The van der Waals surface area contributed by atoms with Gasteiger partial charge in [0.25, 0.3) is 5.91 Å². The quantitative estimate of drug-likeness (QED) is 0.360. The number of hydrogen-bond donors (Lipinski definition) is 4. The summed E-state index contributed by atoms with van der Waals surface area (Å²) < 4.78 is 0. The van der Waals surface area contributed by atoms with Crippen molar-refractivity contribution in [1.82, 2.24) is 10.7 Å². The van der Waals surface area contributed by atoms with E-state index in [1.165, 1.54) is 0 Å². The Labute approximate surface area is 67.1 Å². The zero-order valence-corrected chi connectivity index (χ0v) is 6.13. The van der Waals surface area contributed by atoms with Gasteiger partial charge in [-0.25, -0.2) is 4.79 Å². The first-order valence-electron chi connectivity index (χ1n) is 2.66. The number of nitrogens with one attached hydrogen (secondary N) is 2. The summed E-state index contributed by atoms with van der Waals surface area (Å²) in [5, 5.41) is 13.8. The third-order valence-electron chi connectivity index (χ3n) is 0.984. The summed E-state index contributed by atoms with van der Waals surface area (Å²) in [6, 6.07) is 0. The maximum Gasteiger partial charge on any atom is 0.362 e. The van der Waals surface area contributed by atoms with Crippen LogP contribution in [0.5, 0.6) is 0 Å². The Kier molecular flexibility index (Phi) is 1.99. The Bertz CT molecular complexity index is 239. The molecule has 1 rings (SSSR count). The van der Waals surface area contributed by atoms with Gasteiger partial charge in [0.1, 0.15) is 0 Å². The van der Waals surface area contributed by atoms with E-state index in [1.807, 2.05) is 0 Å². The largest absolute Gasteiger partial charge is 0.476 e. The SMILES string of the molecule is O=C(O)C1=NNC(S)NC1=O. The van der Waals surface area contributed by atoms with Crippen LogP contribution < -0.4 is 10.7 Å². The molecule has 1 atom stereocenters. The number of carboxylic acid groups (broad SMARTS) is 1. The van der Waals surface area contributed by atoms with E-state index in [2.05, 4.69) is 28.5 Å². The van der Waals surface area contributed by atoms with Gasteiger partial charge < -0.3 is 10.4 Å². The van der Waals surface area contributed by atoms with Gasteiger partial charge in [0, 0.05) is 0 Å². The van der Waals surface area contributed by atoms with Crippen molar-refractivity contribution in [3.8, 4) is 0 Å². The maximum absolute atomic E-state index is 10.7. The number of rotatable bonds is 1. The molecule has 1 aliphatic heterocycles. The van der Waals surface area contributed by atoms with Crippen LogP contribution in [0.1, 0.15) is 0 Å². The number of hydrazone groups is 1. The molecule has 11 heavy (non-hydrogen) atoms. The monoisotopic (exact) mass is 175 g/mol. The Hall–Kier alpha value is -1.24. The second-order valence-electron chi connectivity index (χ2n) is 1.77. The second kappa shape index (κ2) is 2.79. The molecule has 0 radical (unpaired) electrons. The number of nitrogens with zero attached hydrogens (tertiary/aromatic N) is 1. The van der Waals surface area contributed by atoms with Crippen LogP contribution in [-0.2, 0) is 9.59 Å². The van der Waals surface area contributed by atoms with Gasteiger partial charge in [0.15, 0.2) is 5.50 Å². The normalized spacial score (nSPS) is 23.2. The standard InChI is InChI=1S/C4H5N3O3S/c8-2-1(3(9)10)6-7-4(11)5-2/h4,7,11H,(H,5,8)(H,9,10). The van der Waals surface area contributed by atoms with E-state index >= 15 is 0 Å². The van der Waals surface area contributed by atoms with Gasteiger partial charge in [-0.2, -0.15) is 5.10 Å². The number of carbonyl (C=O) groups excluding carboxylic acids is 1. The molecule has 0 bridgehead atoms. The van der Waals surface area contributed by atoms with Crippen molar-refractivity contribution in [1.29, 1.82) is 0 Å². The first-order valence-corrected chi connectivity index (χ1v) is 3.18. The van der Waals surface area contributed by atoms with E-state index in [9.17, 15) is 9.59 Å². The summed E-state index contributed by atoms with van der Waals surface area (Å²) in [4.78, 5) is 20.9. The topological polar surface area (TPSA) is 90.8 Å². The minimum Gasteiger partial charge on any atom is -0.476 e. The Morgan fingerprint density at radius 2 is 2.36 bits per heavy atom. The molecule has 3 N–H and O–H groups in total. The summed E-state index contributed by atoms with van der Waals surface area (Å²) >= 11 is 3.79. The molecule has 0 spiro atoms. The summed E-state index contributed by atoms with van der Waals surface area (Å²) in [6.45, 7) is 0. The Balaban J connectivity index is 2.81. The molecular formula is C4H5N3O3S. The first kappa shape index (κ1) is 7.86. The fourth-order valence-corrected chi connectivity index (χ4v) is 0.721. The number of aliphatic carboxylic acids is 1. The van der Waals surface area contributed by atoms with Crippen LogP contribution in [-0.4, -0.2) is 28.2 Å². The van der Waals surface area contributed by atoms with Gasteiger partial charge in [-0.1, -0.05) is 0 Å². The highest BCUT2D eigenvalue weighted by molar-refractivity contribution is 7.80. The molecule has 6 nitrogen and oxygen atoms in total. The molecule has 7 heteroatoms. The van der Waals surface area contributed by atoms with Crippen molar-refractivity contribution in [2.45, 2.75) is 5.50 Å². The smallest absolute Gasteiger partial charge is 0.362 e. The van der Waals surface area contributed by atoms with Crippen LogP contribution in [0.4, 0.5) is 0 Å². The van der Waals surface area contributed by atoms with Gasteiger partial charge in [-0.15, -0.1) is 12.6 Å². The number of carbonyl (C=O) groups is 2. The third-order valence-corrected chi connectivity index (χ3v) is 1.23. The zero-order valence-electron chi connectivity index (χ0n) is 5.24. The lowest BCUT2D eigenvalue weighted by molar-refractivity contribution is -0.130. The molecule has 1 unspecified atom stereocenters. The average Bonchev–Trinajstić information content (AvgIpc) is 1.85. The van der Waals surface area contributed by atoms with Crippen LogP contribution >= 0.6 is 12.6 Å². The lowest BCUT2D eigenvalue weighted by atomic mass is 10.3. The lowest BCUT2D eigenvalue weighted by Crippen LogP contribution is -2.50. The third kappa shape index (κ3) is 1.61. The predicted octanol–water partition coefficient (Wildman–Crippen LogP) is -1.64. The van der Waals surface area contributed by atoms with Gasteiger partial charge in [-0.05, 0) is 0 Å². The highest BCUT2D eigenvalue weighted by Gasteiger charge is 2.25. The molecule has 0 fully saturated rings. The lowest BCUT2D eigenvalue weighted by Gasteiger charge is -2.17. The van der Waals surface area contributed by atoms with E-state index in [1.54, 1.807) is 0 Å². The van der Waals surface area contributed by atoms with E-state index in [4.69, 9.17) is 5.11 Å². The fraction of sp³-hybridized carbons (Fsp3) is 0.250. The molecule has 0 aromatic carbocycles. The van der Waals surface area contributed by atoms with E-state index < -0.39 is 23.1 Å². The highest BCUT2D eigenvalue weighted by atomic mass is 32.1. The molecular weight excluding hydrogens is 170 g/mol. The second-order valence-corrected chi connectivity index (χ2v) is 2.29.